The summed E-state index contributed by atoms with van der Waals surface area (Å²) in [5.74, 6) is 1.03. The van der Waals surface area contributed by atoms with E-state index in [4.69, 9.17) is 9.47 Å². The molecule has 0 spiro atoms. The van der Waals surface area contributed by atoms with Crippen molar-refractivity contribution in [3.8, 4) is 11.5 Å². The number of anilines is 1. The Hall–Kier alpha value is -3.02. The number of carbonyl (C=O) groups excluding carboxylic acids is 2. The minimum atomic E-state index is -0.353. The van der Waals surface area contributed by atoms with Crippen LogP contribution in [-0.4, -0.2) is 32.1 Å². The second-order valence-electron chi connectivity index (χ2n) is 6.82. The number of nitrogens with zero attached hydrogens (tertiary/aromatic N) is 1. The van der Waals surface area contributed by atoms with Crippen LogP contribution < -0.4 is 19.7 Å². The van der Waals surface area contributed by atoms with Gasteiger partial charge < -0.3 is 19.7 Å². The molecule has 2 aromatic carbocycles. The second kappa shape index (κ2) is 9.26. The van der Waals surface area contributed by atoms with E-state index in [1.165, 1.54) is 0 Å². The van der Waals surface area contributed by atoms with Crippen molar-refractivity contribution >= 4 is 17.5 Å². The summed E-state index contributed by atoms with van der Waals surface area (Å²) in [5.41, 5.74) is 1.74. The zero-order chi connectivity index (χ0) is 19.9. The zero-order valence-corrected chi connectivity index (χ0v) is 16.3. The van der Waals surface area contributed by atoms with Gasteiger partial charge >= 0.3 is 0 Å². The highest BCUT2D eigenvalue weighted by Crippen LogP contribution is 2.27. The molecular weight excluding hydrogens is 356 g/mol. The van der Waals surface area contributed by atoms with Gasteiger partial charge in [0.15, 0.2) is 0 Å². The number of rotatable bonds is 8. The molecule has 0 bridgehead atoms. The standard InChI is InChI=1S/C22H26N2O4/c1-3-11-28-19-9-7-18(8-10-19)24-15-17(13-21(24)25)22(26)23-14-16-5-4-6-20(12-16)27-2/h4-10,12,17H,3,11,13-15H2,1-2H3,(H,23,26)/t17-/m0/s1. The molecule has 2 amide bonds. The van der Waals surface area contributed by atoms with E-state index in [-0.39, 0.29) is 24.2 Å². The third kappa shape index (κ3) is 4.82. The van der Waals surface area contributed by atoms with Crippen LogP contribution in [0.2, 0.25) is 0 Å². The third-order valence-electron chi connectivity index (χ3n) is 4.72. The van der Waals surface area contributed by atoms with Gasteiger partial charge in [0, 0.05) is 25.2 Å². The van der Waals surface area contributed by atoms with Gasteiger partial charge in [0.05, 0.1) is 19.6 Å². The van der Waals surface area contributed by atoms with Crippen molar-refractivity contribution in [1.29, 1.82) is 0 Å². The number of nitrogens with one attached hydrogen (secondary N) is 1. The highest BCUT2D eigenvalue weighted by Gasteiger charge is 2.35. The van der Waals surface area contributed by atoms with Crippen molar-refractivity contribution in [3.63, 3.8) is 0 Å². The van der Waals surface area contributed by atoms with Crippen LogP contribution in [-0.2, 0) is 16.1 Å². The van der Waals surface area contributed by atoms with Gasteiger partial charge in [-0.1, -0.05) is 19.1 Å². The Labute approximate surface area is 165 Å². The lowest BCUT2D eigenvalue weighted by molar-refractivity contribution is -0.126. The van der Waals surface area contributed by atoms with Crippen molar-refractivity contribution in [2.24, 2.45) is 5.92 Å². The van der Waals surface area contributed by atoms with Gasteiger partial charge in [-0.05, 0) is 48.4 Å². The summed E-state index contributed by atoms with van der Waals surface area (Å²) in [7, 11) is 1.61. The Balaban J connectivity index is 1.56. The Morgan fingerprint density at radius 2 is 1.96 bits per heavy atom. The number of ether oxygens (including phenoxy) is 2. The molecule has 1 N–H and O–H groups in total. The highest BCUT2D eigenvalue weighted by molar-refractivity contribution is 6.00. The second-order valence-corrected chi connectivity index (χ2v) is 6.82. The Morgan fingerprint density at radius 1 is 1.18 bits per heavy atom. The van der Waals surface area contributed by atoms with Crippen LogP contribution in [0.15, 0.2) is 48.5 Å². The van der Waals surface area contributed by atoms with Gasteiger partial charge in [-0.25, -0.2) is 0 Å². The van der Waals surface area contributed by atoms with Crippen molar-refractivity contribution in [2.45, 2.75) is 26.3 Å². The molecule has 6 heteroatoms. The maximum atomic E-state index is 12.5. The maximum absolute atomic E-state index is 12.5. The molecule has 3 rings (SSSR count). The normalized spacial score (nSPS) is 16.1. The zero-order valence-electron chi connectivity index (χ0n) is 16.3. The maximum Gasteiger partial charge on any atom is 0.227 e. The number of benzene rings is 2. The van der Waals surface area contributed by atoms with Crippen LogP contribution in [0.4, 0.5) is 5.69 Å². The van der Waals surface area contributed by atoms with Crippen molar-refractivity contribution in [3.05, 3.63) is 54.1 Å². The molecule has 1 fully saturated rings. The summed E-state index contributed by atoms with van der Waals surface area (Å²) in [5, 5.41) is 2.92. The molecule has 1 atom stereocenters. The number of hydrogen-bond acceptors (Lipinski definition) is 4. The van der Waals surface area contributed by atoms with Gasteiger partial charge in [0.25, 0.3) is 0 Å². The summed E-state index contributed by atoms with van der Waals surface area (Å²) >= 11 is 0. The number of carbonyl (C=O) groups is 2. The SMILES string of the molecule is CCCOc1ccc(N2C[C@@H](C(=O)NCc3cccc(OC)c3)CC2=O)cc1. The predicted octanol–water partition coefficient (Wildman–Crippen LogP) is 3.15. The Morgan fingerprint density at radius 3 is 2.68 bits per heavy atom. The van der Waals surface area contributed by atoms with Gasteiger partial charge in [0.1, 0.15) is 11.5 Å². The summed E-state index contributed by atoms with van der Waals surface area (Å²) < 4.78 is 10.8. The Bertz CT molecular complexity index is 820. The van der Waals surface area contributed by atoms with E-state index in [9.17, 15) is 9.59 Å². The molecule has 2 aromatic rings. The van der Waals surface area contributed by atoms with E-state index >= 15 is 0 Å². The van der Waals surface area contributed by atoms with Gasteiger partial charge in [-0.2, -0.15) is 0 Å². The molecule has 0 aliphatic carbocycles. The Kier molecular flexibility index (Phi) is 6.53. The van der Waals surface area contributed by atoms with Gasteiger partial charge in [0.2, 0.25) is 11.8 Å². The molecule has 6 nitrogen and oxygen atoms in total. The van der Waals surface area contributed by atoms with Crippen molar-refractivity contribution in [1.82, 2.24) is 5.32 Å². The topological polar surface area (TPSA) is 67.9 Å². The van der Waals surface area contributed by atoms with Crippen molar-refractivity contribution in [2.75, 3.05) is 25.2 Å². The lowest BCUT2D eigenvalue weighted by Crippen LogP contribution is -2.32. The first-order valence-corrected chi connectivity index (χ1v) is 9.54. The molecule has 0 saturated carbocycles. The predicted molar refractivity (Wildman–Crippen MR) is 108 cm³/mol. The van der Waals surface area contributed by atoms with E-state index < -0.39 is 0 Å². The first kappa shape index (κ1) is 19.7. The van der Waals surface area contributed by atoms with Crippen LogP contribution in [0.3, 0.4) is 0 Å². The average molecular weight is 382 g/mol. The molecule has 148 valence electrons. The van der Waals surface area contributed by atoms with E-state index in [0.29, 0.717) is 19.7 Å². The highest BCUT2D eigenvalue weighted by atomic mass is 16.5. The number of amides is 2. The molecule has 28 heavy (non-hydrogen) atoms. The largest absolute Gasteiger partial charge is 0.497 e. The molecule has 0 aromatic heterocycles. The fourth-order valence-electron chi connectivity index (χ4n) is 3.19. The molecule has 1 saturated heterocycles. The lowest BCUT2D eigenvalue weighted by Gasteiger charge is -2.17. The van der Waals surface area contributed by atoms with E-state index in [1.54, 1.807) is 12.0 Å². The van der Waals surface area contributed by atoms with Crippen LogP contribution in [0.1, 0.15) is 25.3 Å². The van der Waals surface area contributed by atoms with E-state index in [1.807, 2.05) is 48.5 Å². The van der Waals surface area contributed by atoms with Crippen LogP contribution >= 0.6 is 0 Å². The van der Waals surface area contributed by atoms with Crippen LogP contribution in [0.25, 0.3) is 0 Å². The van der Waals surface area contributed by atoms with Crippen molar-refractivity contribution < 1.29 is 19.1 Å². The number of methoxy groups -OCH3 is 1. The summed E-state index contributed by atoms with van der Waals surface area (Å²) in [6.45, 7) is 3.51. The minimum Gasteiger partial charge on any atom is -0.497 e. The molecule has 1 aliphatic rings. The fraction of sp³-hybridized carbons (Fsp3) is 0.364. The van der Waals surface area contributed by atoms with E-state index in [2.05, 4.69) is 12.2 Å². The van der Waals surface area contributed by atoms with Gasteiger partial charge in [-0.3, -0.25) is 9.59 Å². The summed E-state index contributed by atoms with van der Waals surface area (Å²) in [4.78, 5) is 26.6. The smallest absolute Gasteiger partial charge is 0.227 e. The van der Waals surface area contributed by atoms with Gasteiger partial charge in [-0.15, -0.1) is 0 Å². The third-order valence-corrected chi connectivity index (χ3v) is 4.72. The fourth-order valence-corrected chi connectivity index (χ4v) is 3.19. The monoisotopic (exact) mass is 382 g/mol. The molecule has 1 aliphatic heterocycles. The first-order chi connectivity index (χ1) is 13.6. The first-order valence-electron chi connectivity index (χ1n) is 9.54. The molecular formula is C22H26N2O4. The van der Waals surface area contributed by atoms with Crippen LogP contribution in [0, 0.1) is 5.92 Å². The van der Waals surface area contributed by atoms with E-state index in [0.717, 1.165) is 29.2 Å². The molecule has 0 unspecified atom stereocenters. The minimum absolute atomic E-state index is 0.0382. The molecule has 1 heterocycles. The average Bonchev–Trinajstić information content (AvgIpc) is 3.12. The van der Waals surface area contributed by atoms with Crippen LogP contribution in [0.5, 0.6) is 11.5 Å². The lowest BCUT2D eigenvalue weighted by atomic mass is 10.1. The number of hydrogen-bond donors (Lipinski definition) is 1. The molecule has 0 radical (unpaired) electrons. The quantitative estimate of drug-likeness (QED) is 0.762. The summed E-state index contributed by atoms with van der Waals surface area (Å²) in [6.07, 6.45) is 1.16. The summed E-state index contributed by atoms with van der Waals surface area (Å²) in [6, 6.07) is 15.0.